The summed E-state index contributed by atoms with van der Waals surface area (Å²) >= 11 is 0. The lowest BCUT2D eigenvalue weighted by atomic mass is 9.86. The number of rotatable bonds is 5. The summed E-state index contributed by atoms with van der Waals surface area (Å²) in [7, 11) is 2.09. The fourth-order valence-corrected chi connectivity index (χ4v) is 4.60. The van der Waals surface area contributed by atoms with Gasteiger partial charge < -0.3 is 10.0 Å². The Morgan fingerprint density at radius 3 is 2.35 bits per heavy atom. The van der Waals surface area contributed by atoms with Crippen molar-refractivity contribution < 1.29 is 14.7 Å². The topological polar surface area (TPSA) is 64.1 Å². The van der Waals surface area contributed by atoms with E-state index < -0.39 is 11.5 Å². The Labute approximate surface area is 184 Å². The van der Waals surface area contributed by atoms with Crippen molar-refractivity contribution in [2.75, 3.05) is 44.8 Å². The van der Waals surface area contributed by atoms with Crippen molar-refractivity contribution in [3.8, 4) is 0 Å². The maximum absolute atomic E-state index is 13.5. The van der Waals surface area contributed by atoms with Crippen LogP contribution in [0, 0.1) is 20.8 Å². The Morgan fingerprint density at radius 2 is 1.65 bits per heavy atom. The van der Waals surface area contributed by atoms with Gasteiger partial charge in [-0.3, -0.25) is 19.4 Å². The Kier molecular flexibility index (Phi) is 5.73. The number of carbonyl (C=O) groups is 2. The standard InChI is InChI=1S/C25H31N3O3/c1-17-13-19(3)20(14-18(17)2)23(29)15-25(31)21-7-5-6-8-22(21)28(24(25)30)16-27-11-9-26(4)10-12-27/h5-8,13-14,31H,9-12,15-16H2,1-4H3. The molecule has 6 nitrogen and oxygen atoms in total. The summed E-state index contributed by atoms with van der Waals surface area (Å²) in [6, 6.07) is 11.1. The van der Waals surface area contributed by atoms with Crippen LogP contribution in [0.4, 0.5) is 5.69 Å². The van der Waals surface area contributed by atoms with Gasteiger partial charge in [0.05, 0.1) is 18.8 Å². The van der Waals surface area contributed by atoms with Crippen LogP contribution in [-0.2, 0) is 10.4 Å². The van der Waals surface area contributed by atoms with Crippen LogP contribution in [-0.4, -0.2) is 66.5 Å². The Morgan fingerprint density at radius 1 is 1.00 bits per heavy atom. The van der Waals surface area contributed by atoms with E-state index in [0.29, 0.717) is 23.5 Å². The molecule has 4 rings (SSSR count). The number of amides is 1. The van der Waals surface area contributed by atoms with E-state index in [2.05, 4.69) is 16.8 Å². The van der Waals surface area contributed by atoms with Gasteiger partial charge in [-0.05, 0) is 56.6 Å². The number of benzene rings is 2. The first-order chi connectivity index (χ1) is 14.7. The number of ketones is 1. The van der Waals surface area contributed by atoms with E-state index in [4.69, 9.17) is 0 Å². The van der Waals surface area contributed by atoms with E-state index in [1.165, 1.54) is 0 Å². The fourth-order valence-electron chi connectivity index (χ4n) is 4.60. The molecule has 0 aliphatic carbocycles. The van der Waals surface area contributed by atoms with Gasteiger partial charge in [-0.2, -0.15) is 0 Å². The number of fused-ring (bicyclic) bond motifs is 1. The zero-order chi connectivity index (χ0) is 22.3. The van der Waals surface area contributed by atoms with Crippen molar-refractivity contribution in [2.24, 2.45) is 0 Å². The molecule has 0 bridgehead atoms. The third-order valence-electron chi connectivity index (χ3n) is 6.73. The number of Topliss-reactive ketones (excluding diaryl/α,β-unsaturated/α-hetero) is 1. The highest BCUT2D eigenvalue weighted by Crippen LogP contribution is 2.43. The Bertz CT molecular complexity index is 1030. The molecular weight excluding hydrogens is 390 g/mol. The van der Waals surface area contributed by atoms with Gasteiger partial charge in [0, 0.05) is 37.3 Å². The molecule has 164 valence electrons. The third kappa shape index (κ3) is 3.91. The van der Waals surface area contributed by atoms with Gasteiger partial charge in [0.2, 0.25) is 0 Å². The number of likely N-dealkylation sites (N-methyl/N-ethyl adjacent to an activating group) is 1. The molecule has 1 amide bonds. The molecule has 1 atom stereocenters. The van der Waals surface area contributed by atoms with Crippen molar-refractivity contribution in [1.82, 2.24) is 9.80 Å². The summed E-state index contributed by atoms with van der Waals surface area (Å²) in [6.07, 6.45) is -0.259. The number of aliphatic hydroxyl groups is 1. The molecule has 2 heterocycles. The normalized spacial score (nSPS) is 22.1. The summed E-state index contributed by atoms with van der Waals surface area (Å²) in [5.41, 5.74) is 2.95. The Balaban J connectivity index is 1.62. The van der Waals surface area contributed by atoms with Crippen LogP contribution in [0.1, 0.15) is 39.0 Å². The van der Waals surface area contributed by atoms with Crippen LogP contribution >= 0.6 is 0 Å². The van der Waals surface area contributed by atoms with Crippen LogP contribution in [0.2, 0.25) is 0 Å². The van der Waals surface area contributed by atoms with Gasteiger partial charge in [0.25, 0.3) is 5.91 Å². The summed E-state index contributed by atoms with van der Waals surface area (Å²) in [6.45, 7) is 9.90. The van der Waals surface area contributed by atoms with E-state index in [-0.39, 0.29) is 12.2 Å². The van der Waals surface area contributed by atoms with Crippen LogP contribution in [0.15, 0.2) is 36.4 Å². The zero-order valence-corrected chi connectivity index (χ0v) is 18.8. The van der Waals surface area contributed by atoms with Gasteiger partial charge in [-0.1, -0.05) is 24.3 Å². The summed E-state index contributed by atoms with van der Waals surface area (Å²) < 4.78 is 0. The first kappa shape index (κ1) is 21.7. The minimum Gasteiger partial charge on any atom is -0.375 e. The SMILES string of the molecule is Cc1cc(C)c(C(=O)CC2(O)C(=O)N(CN3CCN(C)CC3)c3ccccc32)cc1C. The maximum Gasteiger partial charge on any atom is 0.265 e. The predicted molar refractivity (Wildman–Crippen MR) is 121 cm³/mol. The van der Waals surface area contributed by atoms with E-state index in [1.807, 2.05) is 51.1 Å². The summed E-state index contributed by atoms with van der Waals surface area (Å²) in [5, 5.41) is 11.6. The number of anilines is 1. The molecule has 2 aliphatic rings. The molecular formula is C25H31N3O3. The second-order valence-electron chi connectivity index (χ2n) is 9.02. The molecule has 31 heavy (non-hydrogen) atoms. The van der Waals surface area contributed by atoms with E-state index in [1.54, 1.807) is 11.0 Å². The van der Waals surface area contributed by atoms with Crippen LogP contribution in [0.3, 0.4) is 0 Å². The maximum atomic E-state index is 13.5. The largest absolute Gasteiger partial charge is 0.375 e. The van der Waals surface area contributed by atoms with Gasteiger partial charge in [-0.15, -0.1) is 0 Å². The number of piperazine rings is 1. The molecule has 0 spiro atoms. The van der Waals surface area contributed by atoms with E-state index in [0.717, 1.165) is 42.9 Å². The lowest BCUT2D eigenvalue weighted by Crippen LogP contribution is -2.51. The highest BCUT2D eigenvalue weighted by Gasteiger charge is 2.51. The molecule has 2 aliphatic heterocycles. The lowest BCUT2D eigenvalue weighted by molar-refractivity contribution is -0.136. The molecule has 1 saturated heterocycles. The van der Waals surface area contributed by atoms with Crippen molar-refractivity contribution in [3.05, 3.63) is 64.2 Å². The van der Waals surface area contributed by atoms with Gasteiger partial charge >= 0.3 is 0 Å². The third-order valence-corrected chi connectivity index (χ3v) is 6.73. The zero-order valence-electron chi connectivity index (χ0n) is 18.8. The quantitative estimate of drug-likeness (QED) is 0.752. The molecule has 1 fully saturated rings. The van der Waals surface area contributed by atoms with Crippen molar-refractivity contribution in [3.63, 3.8) is 0 Å². The van der Waals surface area contributed by atoms with Crippen LogP contribution in [0.25, 0.3) is 0 Å². The number of carbonyl (C=O) groups excluding carboxylic acids is 2. The number of hydrogen-bond acceptors (Lipinski definition) is 5. The molecule has 6 heteroatoms. The first-order valence-electron chi connectivity index (χ1n) is 10.9. The van der Waals surface area contributed by atoms with Crippen molar-refractivity contribution in [1.29, 1.82) is 0 Å². The second kappa shape index (κ2) is 8.19. The average Bonchev–Trinajstić information content (AvgIpc) is 2.94. The summed E-state index contributed by atoms with van der Waals surface area (Å²) in [4.78, 5) is 32.8. The highest BCUT2D eigenvalue weighted by molar-refractivity contribution is 6.11. The lowest BCUT2D eigenvalue weighted by Gasteiger charge is -2.35. The fraction of sp³-hybridized carbons (Fsp3) is 0.440. The van der Waals surface area contributed by atoms with Gasteiger partial charge in [0.15, 0.2) is 11.4 Å². The molecule has 2 aromatic carbocycles. The molecule has 0 aromatic heterocycles. The van der Waals surface area contributed by atoms with Crippen LogP contribution in [0.5, 0.6) is 0 Å². The molecule has 0 radical (unpaired) electrons. The highest BCUT2D eigenvalue weighted by atomic mass is 16.3. The Hall–Kier alpha value is -2.54. The van der Waals surface area contributed by atoms with Crippen LogP contribution < -0.4 is 4.90 Å². The number of hydrogen-bond donors (Lipinski definition) is 1. The summed E-state index contributed by atoms with van der Waals surface area (Å²) in [5.74, 6) is -0.629. The first-order valence-corrected chi connectivity index (χ1v) is 10.9. The van der Waals surface area contributed by atoms with Gasteiger partial charge in [-0.25, -0.2) is 0 Å². The molecule has 2 aromatic rings. The van der Waals surface area contributed by atoms with E-state index >= 15 is 0 Å². The number of para-hydroxylation sites is 1. The number of aryl methyl sites for hydroxylation is 3. The molecule has 1 N–H and O–H groups in total. The average molecular weight is 422 g/mol. The minimum atomic E-state index is -1.84. The van der Waals surface area contributed by atoms with Crippen molar-refractivity contribution >= 4 is 17.4 Å². The van der Waals surface area contributed by atoms with Crippen molar-refractivity contribution in [2.45, 2.75) is 32.8 Å². The monoisotopic (exact) mass is 421 g/mol. The predicted octanol–water partition coefficient (Wildman–Crippen LogP) is 2.62. The molecule has 1 unspecified atom stereocenters. The molecule has 0 saturated carbocycles. The van der Waals surface area contributed by atoms with Gasteiger partial charge in [0.1, 0.15) is 0 Å². The van der Waals surface area contributed by atoms with E-state index in [9.17, 15) is 14.7 Å². The second-order valence-corrected chi connectivity index (χ2v) is 9.02. The smallest absolute Gasteiger partial charge is 0.265 e. The number of nitrogens with zero attached hydrogens (tertiary/aromatic N) is 3. The minimum absolute atomic E-state index is 0.215.